The molecule has 4 nitrogen and oxygen atoms in total. The Balaban J connectivity index is 0.00000162. The van der Waals surface area contributed by atoms with E-state index in [-0.39, 0.29) is 18.4 Å². The van der Waals surface area contributed by atoms with Crippen molar-refractivity contribution in [2.24, 2.45) is 0 Å². The number of rotatable bonds is 2. The highest BCUT2D eigenvalue weighted by Gasteiger charge is 2.30. The summed E-state index contributed by atoms with van der Waals surface area (Å²) in [6, 6.07) is 1.84. The van der Waals surface area contributed by atoms with Crippen molar-refractivity contribution < 1.29 is 8.42 Å². The third-order valence-corrected chi connectivity index (χ3v) is 6.63. The summed E-state index contributed by atoms with van der Waals surface area (Å²) in [6.45, 7) is 5.52. The van der Waals surface area contributed by atoms with E-state index in [4.69, 9.17) is 11.6 Å². The highest BCUT2D eigenvalue weighted by Crippen LogP contribution is 2.32. The Kier molecular flexibility index (Phi) is 5.46. The largest absolute Gasteiger partial charge is 0.312 e. The van der Waals surface area contributed by atoms with Crippen LogP contribution < -0.4 is 5.32 Å². The van der Waals surface area contributed by atoms with Gasteiger partial charge in [-0.3, -0.25) is 0 Å². The molecule has 2 rings (SSSR count). The molecular formula is C10H16Cl2N2O2S2. The van der Waals surface area contributed by atoms with Gasteiger partial charge in [0.05, 0.1) is 4.34 Å². The lowest BCUT2D eigenvalue weighted by Crippen LogP contribution is -2.51. The summed E-state index contributed by atoms with van der Waals surface area (Å²) >= 11 is 7.06. The first kappa shape index (κ1) is 16.2. The maximum absolute atomic E-state index is 12.3. The predicted octanol–water partition coefficient (Wildman–Crippen LogP) is 2.11. The van der Waals surface area contributed by atoms with Crippen LogP contribution in [0.4, 0.5) is 0 Å². The molecule has 8 heteroatoms. The van der Waals surface area contributed by atoms with Gasteiger partial charge in [0.2, 0.25) is 0 Å². The average Bonchev–Trinajstić information content (AvgIpc) is 2.60. The molecule has 1 atom stereocenters. The Morgan fingerprint density at radius 3 is 2.72 bits per heavy atom. The second-order valence-corrected chi connectivity index (χ2v) is 8.06. The van der Waals surface area contributed by atoms with Crippen molar-refractivity contribution in [2.75, 3.05) is 19.6 Å². The lowest BCUT2D eigenvalue weighted by atomic mass is 10.3. The van der Waals surface area contributed by atoms with E-state index in [1.54, 1.807) is 6.07 Å². The monoisotopic (exact) mass is 330 g/mol. The van der Waals surface area contributed by atoms with E-state index in [2.05, 4.69) is 5.32 Å². The first-order valence-electron chi connectivity index (χ1n) is 5.40. The van der Waals surface area contributed by atoms with E-state index < -0.39 is 10.0 Å². The molecule has 1 aliphatic rings. The number of nitrogens with one attached hydrogen (secondary N) is 1. The second kappa shape index (κ2) is 6.07. The number of nitrogens with zero attached hydrogens (tertiary/aromatic N) is 1. The molecule has 0 unspecified atom stereocenters. The highest BCUT2D eigenvalue weighted by molar-refractivity contribution is 7.91. The molecule has 1 fully saturated rings. The van der Waals surface area contributed by atoms with E-state index in [1.165, 1.54) is 4.31 Å². The number of hydrogen-bond acceptors (Lipinski definition) is 4. The van der Waals surface area contributed by atoms with Gasteiger partial charge in [0.25, 0.3) is 10.0 Å². The van der Waals surface area contributed by atoms with Gasteiger partial charge in [0.1, 0.15) is 4.21 Å². The van der Waals surface area contributed by atoms with Crippen LogP contribution in [-0.4, -0.2) is 38.4 Å². The molecule has 0 saturated carbocycles. The Morgan fingerprint density at radius 1 is 1.56 bits per heavy atom. The van der Waals surface area contributed by atoms with Crippen LogP contribution in [0, 0.1) is 6.92 Å². The number of thiophene rings is 1. The van der Waals surface area contributed by atoms with E-state index in [9.17, 15) is 8.42 Å². The molecule has 0 radical (unpaired) electrons. The predicted molar refractivity (Wildman–Crippen MR) is 77.5 cm³/mol. The number of halogens is 2. The zero-order valence-corrected chi connectivity index (χ0v) is 13.3. The summed E-state index contributed by atoms with van der Waals surface area (Å²) in [7, 11) is -3.37. The van der Waals surface area contributed by atoms with Crippen LogP contribution in [0.1, 0.15) is 12.5 Å². The molecule has 1 aliphatic heterocycles. The molecule has 1 aromatic heterocycles. The standard InChI is InChI=1S/C10H15ClN2O2S2.ClH/c1-7-5-9(16-10(7)11)17(14,15)13-4-3-12-8(2)6-13;/h5,8,12H,3-4,6H2,1-2H3;1H/t8-;/m1./s1. The SMILES string of the molecule is Cc1cc(S(=O)(=O)N2CCN[C@H](C)C2)sc1Cl.Cl. The minimum Gasteiger partial charge on any atom is -0.312 e. The fraction of sp³-hybridized carbons (Fsp3) is 0.600. The quantitative estimate of drug-likeness (QED) is 0.903. The van der Waals surface area contributed by atoms with Gasteiger partial charge in [-0.15, -0.1) is 23.7 Å². The van der Waals surface area contributed by atoms with Crippen LogP contribution in [0.15, 0.2) is 10.3 Å². The fourth-order valence-corrected chi connectivity index (χ4v) is 5.19. The average molecular weight is 331 g/mol. The van der Waals surface area contributed by atoms with Crippen LogP contribution in [-0.2, 0) is 10.0 Å². The van der Waals surface area contributed by atoms with Gasteiger partial charge in [-0.25, -0.2) is 8.42 Å². The maximum Gasteiger partial charge on any atom is 0.252 e. The van der Waals surface area contributed by atoms with E-state index >= 15 is 0 Å². The summed E-state index contributed by atoms with van der Waals surface area (Å²) in [5.74, 6) is 0. The number of piperazine rings is 1. The summed E-state index contributed by atoms with van der Waals surface area (Å²) < 4.78 is 27.1. The van der Waals surface area contributed by atoms with E-state index in [0.29, 0.717) is 28.2 Å². The van der Waals surface area contributed by atoms with Gasteiger partial charge in [-0.2, -0.15) is 4.31 Å². The highest BCUT2D eigenvalue weighted by atomic mass is 35.5. The molecule has 0 spiro atoms. The van der Waals surface area contributed by atoms with Crippen LogP contribution in [0.5, 0.6) is 0 Å². The van der Waals surface area contributed by atoms with E-state index in [1.807, 2.05) is 13.8 Å². The molecule has 0 aromatic carbocycles. The van der Waals surface area contributed by atoms with E-state index in [0.717, 1.165) is 16.9 Å². The zero-order valence-electron chi connectivity index (χ0n) is 10.1. The smallest absolute Gasteiger partial charge is 0.252 e. The molecule has 18 heavy (non-hydrogen) atoms. The van der Waals surface area contributed by atoms with Gasteiger partial charge in [0.15, 0.2) is 0 Å². The fourth-order valence-electron chi connectivity index (χ4n) is 1.80. The first-order valence-corrected chi connectivity index (χ1v) is 8.04. The molecule has 1 aromatic rings. The van der Waals surface area contributed by atoms with Gasteiger partial charge in [-0.05, 0) is 25.5 Å². The van der Waals surface area contributed by atoms with Crippen LogP contribution in [0.2, 0.25) is 4.34 Å². The first-order chi connectivity index (χ1) is 7.91. The Hall–Kier alpha value is 0.150. The number of sulfonamides is 1. The molecule has 104 valence electrons. The second-order valence-electron chi connectivity index (χ2n) is 4.24. The van der Waals surface area contributed by atoms with Crippen molar-refractivity contribution in [2.45, 2.75) is 24.1 Å². The van der Waals surface area contributed by atoms with Gasteiger partial charge in [-0.1, -0.05) is 11.6 Å². The molecule has 0 amide bonds. The zero-order chi connectivity index (χ0) is 12.6. The van der Waals surface area contributed by atoms with Crippen molar-refractivity contribution in [3.63, 3.8) is 0 Å². The van der Waals surface area contributed by atoms with Crippen molar-refractivity contribution in [1.29, 1.82) is 0 Å². The lowest BCUT2D eigenvalue weighted by molar-refractivity contribution is 0.311. The summed E-state index contributed by atoms with van der Waals surface area (Å²) in [6.07, 6.45) is 0. The topological polar surface area (TPSA) is 49.4 Å². The molecule has 0 aliphatic carbocycles. The maximum atomic E-state index is 12.3. The molecular weight excluding hydrogens is 315 g/mol. The minimum atomic E-state index is -3.37. The Bertz CT molecular complexity index is 496. The third kappa shape index (κ3) is 3.18. The van der Waals surface area contributed by atoms with Crippen molar-refractivity contribution in [3.05, 3.63) is 16.0 Å². The van der Waals surface area contributed by atoms with Crippen LogP contribution >= 0.6 is 35.3 Å². The minimum absolute atomic E-state index is 0. The van der Waals surface area contributed by atoms with Gasteiger partial charge in [0, 0.05) is 25.7 Å². The molecule has 0 bridgehead atoms. The summed E-state index contributed by atoms with van der Waals surface area (Å²) in [5, 5.41) is 3.22. The summed E-state index contributed by atoms with van der Waals surface area (Å²) in [5.41, 5.74) is 0.818. The lowest BCUT2D eigenvalue weighted by Gasteiger charge is -2.30. The normalized spacial score (nSPS) is 21.6. The number of aryl methyl sites for hydroxylation is 1. The third-order valence-electron chi connectivity index (χ3n) is 2.76. The summed E-state index contributed by atoms with van der Waals surface area (Å²) in [4.78, 5) is 0. The van der Waals surface area contributed by atoms with Crippen molar-refractivity contribution in [1.82, 2.24) is 9.62 Å². The van der Waals surface area contributed by atoms with Gasteiger partial charge >= 0.3 is 0 Å². The Morgan fingerprint density at radius 2 is 2.22 bits per heavy atom. The number of hydrogen-bond donors (Lipinski definition) is 1. The van der Waals surface area contributed by atoms with Crippen LogP contribution in [0.3, 0.4) is 0 Å². The van der Waals surface area contributed by atoms with Gasteiger partial charge < -0.3 is 5.32 Å². The molecule has 1 N–H and O–H groups in total. The van der Waals surface area contributed by atoms with Crippen molar-refractivity contribution in [3.8, 4) is 0 Å². The molecule has 2 heterocycles. The van der Waals surface area contributed by atoms with Crippen molar-refractivity contribution >= 4 is 45.4 Å². The Labute approximate surface area is 123 Å². The van der Waals surface area contributed by atoms with Crippen LogP contribution in [0.25, 0.3) is 0 Å². The molecule has 1 saturated heterocycles.